The van der Waals surface area contributed by atoms with Crippen molar-refractivity contribution < 1.29 is 4.79 Å². The van der Waals surface area contributed by atoms with Crippen molar-refractivity contribution in [2.45, 2.75) is 31.8 Å². The van der Waals surface area contributed by atoms with Gasteiger partial charge in [-0.1, -0.05) is 12.1 Å². The number of fused-ring (bicyclic) bond motifs is 1. The molecule has 2 atom stereocenters. The van der Waals surface area contributed by atoms with E-state index in [1.54, 1.807) is 23.5 Å². The minimum Gasteiger partial charge on any atom is -0.350 e. The molecule has 1 aliphatic rings. The number of carbonyl (C=O) groups is 1. The van der Waals surface area contributed by atoms with E-state index in [9.17, 15) is 4.79 Å². The van der Waals surface area contributed by atoms with Crippen LogP contribution in [0.15, 0.2) is 30.3 Å². The summed E-state index contributed by atoms with van der Waals surface area (Å²) in [5.74, 6) is -0.0339. The highest BCUT2D eigenvalue weighted by molar-refractivity contribution is 7.19. The quantitative estimate of drug-likeness (QED) is 0.857. The second kappa shape index (κ2) is 6.37. The number of amides is 1. The van der Waals surface area contributed by atoms with Gasteiger partial charge in [0.25, 0.3) is 0 Å². The molecule has 0 bridgehead atoms. The van der Waals surface area contributed by atoms with Gasteiger partial charge in [-0.25, -0.2) is 4.98 Å². The van der Waals surface area contributed by atoms with Crippen LogP contribution in [0.25, 0.3) is 16.3 Å². The lowest BCUT2D eigenvalue weighted by Gasteiger charge is -2.28. The van der Waals surface area contributed by atoms with Crippen LogP contribution in [0.4, 0.5) is 0 Å². The number of aromatic nitrogens is 1. The Bertz CT molecular complexity index is 631. The highest BCUT2D eigenvalue weighted by Gasteiger charge is 2.18. The van der Waals surface area contributed by atoms with E-state index < -0.39 is 0 Å². The Hall–Kier alpha value is -1.72. The third kappa shape index (κ3) is 3.68. The predicted octanol–water partition coefficient (Wildman–Crippen LogP) is 2.57. The monoisotopic (exact) mass is 301 g/mol. The van der Waals surface area contributed by atoms with Crippen LogP contribution in [-0.2, 0) is 4.79 Å². The SMILES string of the molecule is C[C@@H]1C[C@@H](NC(=O)C=Cc2nc3ccccc3s2)CCN1. The van der Waals surface area contributed by atoms with Gasteiger partial charge in [0.2, 0.25) is 5.91 Å². The predicted molar refractivity (Wildman–Crippen MR) is 87.3 cm³/mol. The molecule has 2 heterocycles. The Labute approximate surface area is 128 Å². The highest BCUT2D eigenvalue weighted by atomic mass is 32.1. The Kier molecular flexibility index (Phi) is 4.31. The smallest absolute Gasteiger partial charge is 0.244 e. The molecule has 3 rings (SSSR count). The second-order valence-electron chi connectivity index (χ2n) is 5.44. The molecule has 0 spiro atoms. The number of para-hydroxylation sites is 1. The Morgan fingerprint density at radius 2 is 2.33 bits per heavy atom. The third-order valence-electron chi connectivity index (χ3n) is 3.66. The molecule has 0 unspecified atom stereocenters. The maximum atomic E-state index is 12.0. The minimum atomic E-state index is -0.0339. The van der Waals surface area contributed by atoms with Gasteiger partial charge in [0.05, 0.1) is 10.2 Å². The van der Waals surface area contributed by atoms with E-state index in [-0.39, 0.29) is 11.9 Å². The van der Waals surface area contributed by atoms with E-state index in [0.717, 1.165) is 34.6 Å². The minimum absolute atomic E-state index is 0.0339. The first-order valence-electron chi connectivity index (χ1n) is 7.28. The van der Waals surface area contributed by atoms with Crippen molar-refractivity contribution >= 4 is 33.5 Å². The van der Waals surface area contributed by atoms with Crippen LogP contribution in [0.2, 0.25) is 0 Å². The number of carbonyl (C=O) groups excluding carboxylic acids is 1. The summed E-state index contributed by atoms with van der Waals surface area (Å²) in [6, 6.07) is 8.74. The first-order chi connectivity index (χ1) is 10.2. The Morgan fingerprint density at radius 3 is 3.14 bits per heavy atom. The molecule has 21 heavy (non-hydrogen) atoms. The molecule has 1 aromatic carbocycles. The van der Waals surface area contributed by atoms with E-state index in [1.165, 1.54) is 0 Å². The number of hydrogen-bond acceptors (Lipinski definition) is 4. The lowest BCUT2D eigenvalue weighted by molar-refractivity contribution is -0.117. The van der Waals surface area contributed by atoms with Crippen LogP contribution in [0.3, 0.4) is 0 Å². The largest absolute Gasteiger partial charge is 0.350 e. The summed E-state index contributed by atoms with van der Waals surface area (Å²) >= 11 is 1.60. The average Bonchev–Trinajstić information content (AvgIpc) is 2.88. The summed E-state index contributed by atoms with van der Waals surface area (Å²) in [4.78, 5) is 16.5. The van der Waals surface area contributed by atoms with Crippen LogP contribution in [0.5, 0.6) is 0 Å². The maximum absolute atomic E-state index is 12.0. The van der Waals surface area contributed by atoms with Gasteiger partial charge in [-0.2, -0.15) is 0 Å². The number of rotatable bonds is 3. The Morgan fingerprint density at radius 1 is 1.48 bits per heavy atom. The van der Waals surface area contributed by atoms with Gasteiger partial charge < -0.3 is 10.6 Å². The molecular weight excluding hydrogens is 282 g/mol. The second-order valence-corrected chi connectivity index (χ2v) is 6.50. The van der Waals surface area contributed by atoms with E-state index in [2.05, 4.69) is 22.5 Å². The van der Waals surface area contributed by atoms with Crippen LogP contribution < -0.4 is 10.6 Å². The lowest BCUT2D eigenvalue weighted by atomic mass is 10.0. The number of hydrogen-bond donors (Lipinski definition) is 2. The van der Waals surface area contributed by atoms with E-state index in [4.69, 9.17) is 0 Å². The van der Waals surface area contributed by atoms with Crippen LogP contribution in [0, 0.1) is 0 Å². The molecule has 1 fully saturated rings. The van der Waals surface area contributed by atoms with Crippen molar-refractivity contribution in [2.24, 2.45) is 0 Å². The zero-order valence-electron chi connectivity index (χ0n) is 12.0. The van der Waals surface area contributed by atoms with Gasteiger partial charge in [-0.3, -0.25) is 4.79 Å². The molecule has 1 amide bonds. The van der Waals surface area contributed by atoms with Crippen molar-refractivity contribution in [1.82, 2.24) is 15.6 Å². The molecule has 1 saturated heterocycles. The normalized spacial score (nSPS) is 22.7. The number of piperidine rings is 1. The summed E-state index contributed by atoms with van der Waals surface area (Å²) in [7, 11) is 0. The Balaban J connectivity index is 1.61. The van der Waals surface area contributed by atoms with Gasteiger partial charge in [0.15, 0.2) is 0 Å². The number of nitrogens with zero attached hydrogens (tertiary/aromatic N) is 1. The standard InChI is InChI=1S/C16H19N3OS/c1-11-10-12(8-9-17-11)18-15(20)6-7-16-19-13-4-2-3-5-14(13)21-16/h2-7,11-12,17H,8-10H2,1H3,(H,18,20)/t11-,12+/m1/s1. The first-order valence-corrected chi connectivity index (χ1v) is 8.10. The fourth-order valence-electron chi connectivity index (χ4n) is 2.62. The van der Waals surface area contributed by atoms with Crippen molar-refractivity contribution in [3.05, 3.63) is 35.3 Å². The van der Waals surface area contributed by atoms with E-state index >= 15 is 0 Å². The molecule has 0 saturated carbocycles. The number of benzene rings is 1. The molecule has 1 aromatic heterocycles. The molecule has 2 aromatic rings. The van der Waals surface area contributed by atoms with Gasteiger partial charge in [0, 0.05) is 18.2 Å². The molecule has 0 aliphatic carbocycles. The third-order valence-corrected chi connectivity index (χ3v) is 4.66. The summed E-state index contributed by atoms with van der Waals surface area (Å²) in [6.45, 7) is 3.11. The average molecular weight is 301 g/mol. The van der Waals surface area contributed by atoms with E-state index in [1.807, 2.05) is 24.3 Å². The van der Waals surface area contributed by atoms with Crippen molar-refractivity contribution in [3.63, 3.8) is 0 Å². The summed E-state index contributed by atoms with van der Waals surface area (Å²) in [6.07, 6.45) is 5.36. The maximum Gasteiger partial charge on any atom is 0.244 e. The molecule has 2 N–H and O–H groups in total. The topological polar surface area (TPSA) is 54.0 Å². The zero-order chi connectivity index (χ0) is 14.7. The van der Waals surface area contributed by atoms with Gasteiger partial charge in [0.1, 0.15) is 5.01 Å². The molecule has 4 nitrogen and oxygen atoms in total. The zero-order valence-corrected chi connectivity index (χ0v) is 12.8. The van der Waals surface area contributed by atoms with Crippen LogP contribution in [0.1, 0.15) is 24.8 Å². The van der Waals surface area contributed by atoms with Crippen molar-refractivity contribution in [1.29, 1.82) is 0 Å². The van der Waals surface area contributed by atoms with Crippen molar-refractivity contribution in [3.8, 4) is 0 Å². The van der Waals surface area contributed by atoms with E-state index in [0.29, 0.717) is 6.04 Å². The summed E-state index contributed by atoms with van der Waals surface area (Å²) in [5.41, 5.74) is 0.981. The summed E-state index contributed by atoms with van der Waals surface area (Å²) in [5, 5.41) is 7.31. The van der Waals surface area contributed by atoms with Gasteiger partial charge in [-0.15, -0.1) is 11.3 Å². The van der Waals surface area contributed by atoms with Crippen molar-refractivity contribution in [2.75, 3.05) is 6.54 Å². The van der Waals surface area contributed by atoms with Crippen LogP contribution >= 0.6 is 11.3 Å². The number of nitrogens with one attached hydrogen (secondary N) is 2. The lowest BCUT2D eigenvalue weighted by Crippen LogP contribution is -2.46. The fourth-order valence-corrected chi connectivity index (χ4v) is 3.49. The van der Waals surface area contributed by atoms with Crippen LogP contribution in [-0.4, -0.2) is 29.5 Å². The first kappa shape index (κ1) is 14.2. The molecule has 0 radical (unpaired) electrons. The van der Waals surface area contributed by atoms with Gasteiger partial charge >= 0.3 is 0 Å². The van der Waals surface area contributed by atoms with Gasteiger partial charge in [-0.05, 0) is 44.5 Å². The highest BCUT2D eigenvalue weighted by Crippen LogP contribution is 2.22. The molecule has 110 valence electrons. The fraction of sp³-hybridized carbons (Fsp3) is 0.375. The molecule has 1 aliphatic heterocycles. The molecule has 5 heteroatoms. The number of thiazole rings is 1. The molecular formula is C16H19N3OS. The summed E-state index contributed by atoms with van der Waals surface area (Å²) < 4.78 is 1.14.